The number of nitrogens with one attached hydrogen (secondary N) is 1. The molecular formula is C27H35N3O5. The van der Waals surface area contributed by atoms with Gasteiger partial charge in [-0.3, -0.25) is 9.69 Å². The van der Waals surface area contributed by atoms with Gasteiger partial charge in [-0.05, 0) is 49.4 Å². The van der Waals surface area contributed by atoms with Crippen molar-refractivity contribution in [2.45, 2.75) is 38.7 Å². The molecule has 35 heavy (non-hydrogen) atoms. The molecule has 2 aliphatic heterocycles. The van der Waals surface area contributed by atoms with E-state index in [-0.39, 0.29) is 24.0 Å². The number of rotatable bonds is 7. The molecule has 8 heteroatoms. The van der Waals surface area contributed by atoms with Crippen molar-refractivity contribution in [1.29, 1.82) is 0 Å². The first-order chi connectivity index (χ1) is 17.0. The van der Waals surface area contributed by atoms with E-state index in [0.29, 0.717) is 45.4 Å². The zero-order valence-corrected chi connectivity index (χ0v) is 20.8. The average molecular weight is 482 g/mol. The molecule has 0 saturated carbocycles. The number of fused-ring (bicyclic) bond motifs is 1. The molecule has 0 aromatic heterocycles. The summed E-state index contributed by atoms with van der Waals surface area (Å²) < 4.78 is 16.7. The van der Waals surface area contributed by atoms with Gasteiger partial charge in [-0.2, -0.15) is 0 Å². The molecule has 1 saturated heterocycles. The second-order valence-electron chi connectivity index (χ2n) is 8.99. The lowest BCUT2D eigenvalue weighted by Gasteiger charge is -2.39. The molecule has 1 fully saturated rings. The predicted octanol–water partition coefficient (Wildman–Crippen LogP) is 3.87. The number of nitrogens with zero attached hydrogens (tertiary/aromatic N) is 2. The molecule has 188 valence electrons. The fraction of sp³-hybridized carbons (Fsp3) is 0.481. The zero-order chi connectivity index (χ0) is 24.8. The Kier molecular flexibility index (Phi) is 8.00. The van der Waals surface area contributed by atoms with Crippen LogP contribution in [0.25, 0.3) is 0 Å². The Morgan fingerprint density at radius 3 is 2.57 bits per heavy atom. The predicted molar refractivity (Wildman–Crippen MR) is 134 cm³/mol. The Balaban J connectivity index is 1.28. The number of piperidine rings is 1. The van der Waals surface area contributed by atoms with E-state index in [0.717, 1.165) is 34.9 Å². The van der Waals surface area contributed by atoms with Crippen LogP contribution in [0.1, 0.15) is 31.7 Å². The van der Waals surface area contributed by atoms with Crippen molar-refractivity contribution in [3.63, 3.8) is 0 Å². The van der Waals surface area contributed by atoms with Gasteiger partial charge in [0.1, 0.15) is 23.4 Å². The zero-order valence-electron chi connectivity index (χ0n) is 20.8. The van der Waals surface area contributed by atoms with Gasteiger partial charge in [-0.25, -0.2) is 4.79 Å². The standard InChI is InChI=1S/C27H35N3O5/c1-4-21-18-30(23-7-5-6-8-24(23)35-21)27(32)29-15-12-20(13-16-29)26(31)28-14-11-19-9-10-22(33-2)17-25(19)34-3/h5-10,17,20-21H,4,11-16,18H2,1-3H3,(H,28,31)/t21-/m1/s1. The largest absolute Gasteiger partial charge is 0.497 e. The first kappa shape index (κ1) is 24.7. The number of ether oxygens (including phenoxy) is 3. The quantitative estimate of drug-likeness (QED) is 0.649. The molecule has 3 amide bonds. The van der Waals surface area contributed by atoms with Crippen molar-refractivity contribution < 1.29 is 23.8 Å². The van der Waals surface area contributed by atoms with Crippen LogP contribution in [0.4, 0.5) is 10.5 Å². The number of likely N-dealkylation sites (tertiary alicyclic amines) is 1. The van der Waals surface area contributed by atoms with Crippen molar-refractivity contribution in [3.8, 4) is 17.2 Å². The minimum Gasteiger partial charge on any atom is -0.497 e. The molecule has 2 aromatic rings. The molecule has 0 aliphatic carbocycles. The van der Waals surface area contributed by atoms with Crippen LogP contribution >= 0.6 is 0 Å². The van der Waals surface area contributed by atoms with E-state index in [1.54, 1.807) is 14.2 Å². The monoisotopic (exact) mass is 481 g/mol. The van der Waals surface area contributed by atoms with Gasteiger partial charge in [-0.15, -0.1) is 0 Å². The van der Waals surface area contributed by atoms with Crippen LogP contribution in [0.3, 0.4) is 0 Å². The van der Waals surface area contributed by atoms with Crippen molar-refractivity contribution in [2.75, 3.05) is 45.3 Å². The van der Waals surface area contributed by atoms with Crippen LogP contribution in [0.15, 0.2) is 42.5 Å². The summed E-state index contributed by atoms with van der Waals surface area (Å²) >= 11 is 0. The van der Waals surface area contributed by atoms with E-state index >= 15 is 0 Å². The molecule has 1 atom stereocenters. The van der Waals surface area contributed by atoms with Gasteiger partial charge in [0, 0.05) is 31.6 Å². The van der Waals surface area contributed by atoms with Gasteiger partial charge in [-0.1, -0.05) is 25.1 Å². The summed E-state index contributed by atoms with van der Waals surface area (Å²) in [7, 11) is 3.25. The fourth-order valence-electron chi connectivity index (χ4n) is 4.72. The van der Waals surface area contributed by atoms with Gasteiger partial charge >= 0.3 is 6.03 Å². The lowest BCUT2D eigenvalue weighted by Crippen LogP contribution is -2.52. The lowest BCUT2D eigenvalue weighted by atomic mass is 9.96. The van der Waals surface area contributed by atoms with E-state index < -0.39 is 0 Å². The van der Waals surface area contributed by atoms with Crippen molar-refractivity contribution in [2.24, 2.45) is 5.92 Å². The molecule has 2 aliphatic rings. The lowest BCUT2D eigenvalue weighted by molar-refractivity contribution is -0.126. The summed E-state index contributed by atoms with van der Waals surface area (Å²) in [6.07, 6.45) is 2.81. The molecule has 1 N–H and O–H groups in total. The summed E-state index contributed by atoms with van der Waals surface area (Å²) in [5.74, 6) is 2.20. The Labute approximate surface area is 207 Å². The van der Waals surface area contributed by atoms with E-state index in [9.17, 15) is 9.59 Å². The van der Waals surface area contributed by atoms with Crippen LogP contribution in [0.2, 0.25) is 0 Å². The fourth-order valence-corrected chi connectivity index (χ4v) is 4.72. The highest BCUT2D eigenvalue weighted by Gasteiger charge is 2.34. The maximum Gasteiger partial charge on any atom is 0.324 e. The van der Waals surface area contributed by atoms with Gasteiger partial charge in [0.15, 0.2) is 0 Å². The van der Waals surface area contributed by atoms with E-state index in [4.69, 9.17) is 14.2 Å². The molecular weight excluding hydrogens is 446 g/mol. The second-order valence-corrected chi connectivity index (χ2v) is 8.99. The number of amides is 3. The maximum atomic E-state index is 13.4. The Bertz CT molecular complexity index is 1040. The molecule has 0 bridgehead atoms. The number of para-hydroxylation sites is 2. The van der Waals surface area contributed by atoms with Gasteiger partial charge in [0.25, 0.3) is 0 Å². The third-order valence-electron chi connectivity index (χ3n) is 6.85. The Morgan fingerprint density at radius 1 is 1.09 bits per heavy atom. The normalized spacial score (nSPS) is 17.9. The summed E-state index contributed by atoms with van der Waals surface area (Å²) in [5.41, 5.74) is 1.83. The van der Waals surface area contributed by atoms with Crippen molar-refractivity contribution >= 4 is 17.6 Å². The number of hydrogen-bond donors (Lipinski definition) is 1. The molecule has 8 nitrogen and oxygen atoms in total. The first-order valence-corrected chi connectivity index (χ1v) is 12.3. The van der Waals surface area contributed by atoms with Gasteiger partial charge < -0.3 is 24.4 Å². The van der Waals surface area contributed by atoms with Crippen LogP contribution in [0, 0.1) is 5.92 Å². The number of methoxy groups -OCH3 is 2. The maximum absolute atomic E-state index is 13.4. The van der Waals surface area contributed by atoms with Crippen LogP contribution < -0.4 is 24.4 Å². The van der Waals surface area contributed by atoms with Gasteiger partial charge in [0.2, 0.25) is 5.91 Å². The third-order valence-corrected chi connectivity index (χ3v) is 6.85. The summed E-state index contributed by atoms with van der Waals surface area (Å²) in [6, 6.07) is 13.4. The number of carbonyl (C=O) groups excluding carboxylic acids is 2. The van der Waals surface area contributed by atoms with Gasteiger partial charge in [0.05, 0.1) is 26.5 Å². The highest BCUT2D eigenvalue weighted by atomic mass is 16.5. The van der Waals surface area contributed by atoms with E-state index in [1.165, 1.54) is 0 Å². The van der Waals surface area contributed by atoms with E-state index in [2.05, 4.69) is 12.2 Å². The van der Waals surface area contributed by atoms with Crippen molar-refractivity contribution in [3.05, 3.63) is 48.0 Å². The Morgan fingerprint density at radius 2 is 1.86 bits per heavy atom. The van der Waals surface area contributed by atoms with Crippen LogP contribution in [-0.2, 0) is 11.2 Å². The number of anilines is 1. The van der Waals surface area contributed by atoms with Crippen molar-refractivity contribution in [1.82, 2.24) is 10.2 Å². The minimum absolute atomic E-state index is 0.00958. The summed E-state index contributed by atoms with van der Waals surface area (Å²) in [5, 5.41) is 3.06. The highest BCUT2D eigenvalue weighted by molar-refractivity contribution is 5.94. The molecule has 0 unspecified atom stereocenters. The molecule has 0 radical (unpaired) electrons. The number of urea groups is 1. The van der Waals surface area contributed by atoms with E-state index in [1.807, 2.05) is 52.3 Å². The Hall–Kier alpha value is -3.42. The number of hydrogen-bond acceptors (Lipinski definition) is 5. The summed E-state index contributed by atoms with van der Waals surface area (Å²) in [4.78, 5) is 29.8. The topological polar surface area (TPSA) is 80.3 Å². The molecule has 0 spiro atoms. The first-order valence-electron chi connectivity index (χ1n) is 12.3. The minimum atomic E-state index is -0.0859. The number of benzene rings is 2. The molecule has 2 aromatic carbocycles. The smallest absolute Gasteiger partial charge is 0.324 e. The second kappa shape index (κ2) is 11.3. The van der Waals surface area contributed by atoms with Crippen LogP contribution in [0.5, 0.6) is 17.2 Å². The number of carbonyl (C=O) groups is 2. The highest BCUT2D eigenvalue weighted by Crippen LogP contribution is 2.35. The SMILES string of the molecule is CC[C@@H]1CN(C(=O)N2CCC(C(=O)NCCc3ccc(OC)cc3OC)CC2)c2ccccc2O1. The molecule has 2 heterocycles. The molecule has 4 rings (SSSR count). The van der Waals surface area contributed by atoms with Crippen LogP contribution in [-0.4, -0.2) is 63.3 Å². The summed E-state index contributed by atoms with van der Waals surface area (Å²) in [6.45, 7) is 4.28. The average Bonchev–Trinajstić information content (AvgIpc) is 2.92. The third kappa shape index (κ3) is 5.63.